The molecule has 0 radical (unpaired) electrons. The maximum absolute atomic E-state index is 6.09. The lowest BCUT2D eigenvalue weighted by Crippen LogP contribution is -2.10. The van der Waals surface area contributed by atoms with Crippen molar-refractivity contribution in [2.75, 3.05) is 0 Å². The first kappa shape index (κ1) is 13.0. The van der Waals surface area contributed by atoms with E-state index in [1.54, 1.807) is 0 Å². The van der Waals surface area contributed by atoms with Crippen LogP contribution in [0.4, 0.5) is 0 Å². The minimum Gasteiger partial charge on any atom is -0.491 e. The Hall–Kier alpha value is -1.02. The Bertz CT molecular complexity index is 292. The Kier molecular flexibility index (Phi) is 5.33. The van der Waals surface area contributed by atoms with E-state index in [9.17, 15) is 0 Å². The molecule has 0 saturated heterocycles. The second-order valence-electron chi connectivity index (χ2n) is 4.48. The van der Waals surface area contributed by atoms with Gasteiger partial charge in [0.15, 0.2) is 0 Å². The fourth-order valence-corrected chi connectivity index (χ4v) is 1.66. The summed E-state index contributed by atoms with van der Waals surface area (Å²) < 4.78 is 5.59. The summed E-state index contributed by atoms with van der Waals surface area (Å²) in [5.41, 5.74) is 7.29. The van der Waals surface area contributed by atoms with Crippen molar-refractivity contribution in [3.8, 4) is 5.75 Å². The quantitative estimate of drug-likeness (QED) is 0.795. The molecule has 0 spiro atoms. The molecule has 0 aliphatic rings. The van der Waals surface area contributed by atoms with Gasteiger partial charge in [0.1, 0.15) is 5.75 Å². The van der Waals surface area contributed by atoms with Crippen LogP contribution >= 0.6 is 0 Å². The molecule has 0 saturated carbocycles. The molecular formula is C14H23NO. The molecule has 0 aliphatic heterocycles. The van der Waals surface area contributed by atoms with Gasteiger partial charge in [0.25, 0.3) is 0 Å². The zero-order valence-electron chi connectivity index (χ0n) is 10.6. The molecule has 2 N–H and O–H groups in total. The standard InChI is InChI=1S/C14H23NO/c1-4-5-6-14(15)12-7-9-13(10-8-12)16-11(2)3/h7-11,14H,4-6,15H2,1-3H3. The second kappa shape index (κ2) is 6.54. The minimum absolute atomic E-state index is 0.160. The Balaban J connectivity index is 2.56. The highest BCUT2D eigenvalue weighted by molar-refractivity contribution is 5.29. The summed E-state index contributed by atoms with van der Waals surface area (Å²) in [6.45, 7) is 6.24. The van der Waals surface area contributed by atoms with Gasteiger partial charge >= 0.3 is 0 Å². The van der Waals surface area contributed by atoms with E-state index >= 15 is 0 Å². The van der Waals surface area contributed by atoms with Crippen LogP contribution in [0, 0.1) is 0 Å². The van der Waals surface area contributed by atoms with E-state index in [4.69, 9.17) is 10.5 Å². The molecule has 1 atom stereocenters. The maximum atomic E-state index is 6.09. The average molecular weight is 221 g/mol. The highest BCUT2D eigenvalue weighted by Crippen LogP contribution is 2.20. The third kappa shape index (κ3) is 4.23. The number of nitrogens with two attached hydrogens (primary N) is 1. The van der Waals surface area contributed by atoms with Crippen molar-refractivity contribution in [3.05, 3.63) is 29.8 Å². The molecule has 1 aromatic rings. The van der Waals surface area contributed by atoms with E-state index in [-0.39, 0.29) is 12.1 Å². The Morgan fingerprint density at radius 2 is 1.81 bits per heavy atom. The van der Waals surface area contributed by atoms with Crippen molar-refractivity contribution in [1.82, 2.24) is 0 Å². The number of rotatable bonds is 6. The normalized spacial score (nSPS) is 12.8. The lowest BCUT2D eigenvalue weighted by molar-refractivity contribution is 0.242. The Morgan fingerprint density at radius 3 is 2.31 bits per heavy atom. The van der Waals surface area contributed by atoms with Gasteiger partial charge in [-0.3, -0.25) is 0 Å². The van der Waals surface area contributed by atoms with Gasteiger partial charge < -0.3 is 10.5 Å². The summed E-state index contributed by atoms with van der Waals surface area (Å²) in [6.07, 6.45) is 3.66. The fraction of sp³-hybridized carbons (Fsp3) is 0.571. The smallest absolute Gasteiger partial charge is 0.119 e. The molecule has 0 bridgehead atoms. The molecule has 90 valence electrons. The van der Waals surface area contributed by atoms with Crippen LogP contribution in [-0.4, -0.2) is 6.10 Å². The average Bonchev–Trinajstić information content (AvgIpc) is 2.26. The molecule has 16 heavy (non-hydrogen) atoms. The highest BCUT2D eigenvalue weighted by atomic mass is 16.5. The van der Waals surface area contributed by atoms with E-state index in [1.165, 1.54) is 18.4 Å². The summed E-state index contributed by atoms with van der Waals surface area (Å²) in [5, 5.41) is 0. The highest BCUT2D eigenvalue weighted by Gasteiger charge is 2.05. The van der Waals surface area contributed by atoms with Crippen molar-refractivity contribution in [1.29, 1.82) is 0 Å². The third-order valence-electron chi connectivity index (χ3n) is 2.55. The second-order valence-corrected chi connectivity index (χ2v) is 4.48. The molecule has 1 aromatic carbocycles. The van der Waals surface area contributed by atoms with Gasteiger partial charge in [-0.05, 0) is 38.0 Å². The molecule has 0 aromatic heterocycles. The predicted molar refractivity (Wildman–Crippen MR) is 68.7 cm³/mol. The first-order chi connectivity index (χ1) is 7.63. The van der Waals surface area contributed by atoms with E-state index in [0.717, 1.165) is 12.2 Å². The van der Waals surface area contributed by atoms with Gasteiger partial charge in [-0.2, -0.15) is 0 Å². The molecule has 0 aliphatic carbocycles. The first-order valence-electron chi connectivity index (χ1n) is 6.15. The van der Waals surface area contributed by atoms with E-state index < -0.39 is 0 Å². The molecule has 1 unspecified atom stereocenters. The number of ether oxygens (including phenoxy) is 1. The van der Waals surface area contributed by atoms with Crippen LogP contribution in [0.5, 0.6) is 5.75 Å². The molecule has 0 amide bonds. The number of hydrogen-bond acceptors (Lipinski definition) is 2. The van der Waals surface area contributed by atoms with Crippen molar-refractivity contribution >= 4 is 0 Å². The van der Waals surface area contributed by atoms with Crippen LogP contribution in [0.25, 0.3) is 0 Å². The SMILES string of the molecule is CCCCC(N)c1ccc(OC(C)C)cc1. The lowest BCUT2D eigenvalue weighted by Gasteiger charge is -2.13. The monoisotopic (exact) mass is 221 g/mol. The summed E-state index contributed by atoms with van der Waals surface area (Å²) in [4.78, 5) is 0. The van der Waals surface area contributed by atoms with E-state index in [2.05, 4.69) is 19.1 Å². The van der Waals surface area contributed by atoms with E-state index in [1.807, 2.05) is 26.0 Å². The van der Waals surface area contributed by atoms with Crippen LogP contribution in [0.15, 0.2) is 24.3 Å². The fourth-order valence-electron chi connectivity index (χ4n) is 1.66. The number of hydrogen-bond donors (Lipinski definition) is 1. The maximum Gasteiger partial charge on any atom is 0.119 e. The molecular weight excluding hydrogens is 198 g/mol. The number of unbranched alkanes of at least 4 members (excludes halogenated alkanes) is 1. The molecule has 2 nitrogen and oxygen atoms in total. The Morgan fingerprint density at radius 1 is 1.19 bits per heavy atom. The summed E-state index contributed by atoms with van der Waals surface area (Å²) in [6, 6.07) is 8.30. The van der Waals surface area contributed by atoms with Crippen LogP contribution in [0.1, 0.15) is 51.6 Å². The summed E-state index contributed by atoms with van der Waals surface area (Å²) in [5.74, 6) is 0.918. The van der Waals surface area contributed by atoms with Gasteiger partial charge in [0.05, 0.1) is 6.10 Å². The summed E-state index contributed by atoms with van der Waals surface area (Å²) in [7, 11) is 0. The van der Waals surface area contributed by atoms with E-state index in [0.29, 0.717) is 0 Å². The Labute approximate surface area is 98.8 Å². The van der Waals surface area contributed by atoms with Crippen molar-refractivity contribution in [3.63, 3.8) is 0 Å². The first-order valence-corrected chi connectivity index (χ1v) is 6.15. The van der Waals surface area contributed by atoms with Crippen molar-refractivity contribution < 1.29 is 4.74 Å². The van der Waals surface area contributed by atoms with Gasteiger partial charge in [-0.1, -0.05) is 31.9 Å². The van der Waals surface area contributed by atoms with Crippen molar-refractivity contribution in [2.45, 2.75) is 52.2 Å². The topological polar surface area (TPSA) is 35.2 Å². The molecule has 1 rings (SSSR count). The van der Waals surface area contributed by atoms with Crippen LogP contribution in [0.2, 0.25) is 0 Å². The van der Waals surface area contributed by atoms with Gasteiger partial charge in [-0.25, -0.2) is 0 Å². The van der Waals surface area contributed by atoms with Crippen molar-refractivity contribution in [2.24, 2.45) is 5.73 Å². The zero-order valence-corrected chi connectivity index (χ0v) is 10.6. The minimum atomic E-state index is 0.160. The van der Waals surface area contributed by atoms with Crippen LogP contribution in [0.3, 0.4) is 0 Å². The van der Waals surface area contributed by atoms with Gasteiger partial charge in [-0.15, -0.1) is 0 Å². The largest absolute Gasteiger partial charge is 0.491 e. The third-order valence-corrected chi connectivity index (χ3v) is 2.55. The number of benzene rings is 1. The van der Waals surface area contributed by atoms with Crippen LogP contribution in [-0.2, 0) is 0 Å². The molecule has 0 heterocycles. The van der Waals surface area contributed by atoms with Gasteiger partial charge in [0.2, 0.25) is 0 Å². The molecule has 2 heteroatoms. The van der Waals surface area contributed by atoms with Crippen LogP contribution < -0.4 is 10.5 Å². The van der Waals surface area contributed by atoms with Gasteiger partial charge in [0, 0.05) is 6.04 Å². The zero-order chi connectivity index (χ0) is 12.0. The lowest BCUT2D eigenvalue weighted by atomic mass is 10.0. The predicted octanol–water partition coefficient (Wildman–Crippen LogP) is 3.66. The molecule has 0 fully saturated rings. The summed E-state index contributed by atoms with van der Waals surface area (Å²) >= 11 is 0.